The first kappa shape index (κ1) is 12.2. The van der Waals surface area contributed by atoms with Crippen molar-refractivity contribution in [3.63, 3.8) is 0 Å². The Bertz CT molecular complexity index is 545. The van der Waals surface area contributed by atoms with Gasteiger partial charge in [-0.25, -0.2) is 10.4 Å². The number of hydrogen-bond donors (Lipinski definition) is 2. The van der Waals surface area contributed by atoms with E-state index in [0.29, 0.717) is 0 Å². The van der Waals surface area contributed by atoms with Crippen molar-refractivity contribution < 1.29 is 0 Å². The molecule has 0 radical (unpaired) electrons. The van der Waals surface area contributed by atoms with Gasteiger partial charge in [-0.15, -0.1) is 11.3 Å². The molecule has 6 nitrogen and oxygen atoms in total. The first-order chi connectivity index (χ1) is 9.92. The molecule has 7 heteroatoms. The van der Waals surface area contributed by atoms with Gasteiger partial charge in [-0.2, -0.15) is 0 Å². The number of aromatic nitrogens is 1. The van der Waals surface area contributed by atoms with E-state index in [0.717, 1.165) is 36.3 Å². The molecule has 3 aliphatic rings. The summed E-state index contributed by atoms with van der Waals surface area (Å²) in [5.41, 5.74) is 7.54. The fourth-order valence-corrected chi connectivity index (χ4v) is 3.76. The van der Waals surface area contributed by atoms with E-state index in [1.165, 1.54) is 19.3 Å². The molecule has 1 atom stereocenters. The average Bonchev–Trinajstić information content (AvgIpc) is 3.14. The molecule has 3 aliphatic heterocycles. The molecular weight excluding hydrogens is 272 g/mol. The Morgan fingerprint density at radius 2 is 2.15 bits per heavy atom. The van der Waals surface area contributed by atoms with E-state index in [2.05, 4.69) is 31.0 Å². The SMILES string of the molecule is C1=NC=C2NNC(c3csc(N4CCCCC4)n3)N2C1. The predicted molar refractivity (Wildman–Crippen MR) is 80.5 cm³/mol. The molecule has 2 fully saturated rings. The van der Waals surface area contributed by atoms with Gasteiger partial charge in [0.05, 0.1) is 18.4 Å². The van der Waals surface area contributed by atoms with Crippen LogP contribution in [0.4, 0.5) is 5.13 Å². The maximum Gasteiger partial charge on any atom is 0.185 e. The fraction of sp³-hybridized carbons (Fsp3) is 0.538. The molecule has 1 aromatic heterocycles. The first-order valence-electron chi connectivity index (χ1n) is 7.12. The van der Waals surface area contributed by atoms with E-state index in [1.807, 2.05) is 12.4 Å². The minimum Gasteiger partial charge on any atom is -0.348 e. The lowest BCUT2D eigenvalue weighted by molar-refractivity contribution is 0.308. The van der Waals surface area contributed by atoms with Gasteiger partial charge >= 0.3 is 0 Å². The highest BCUT2D eigenvalue weighted by Crippen LogP contribution is 2.31. The van der Waals surface area contributed by atoms with Gasteiger partial charge in [0.2, 0.25) is 0 Å². The summed E-state index contributed by atoms with van der Waals surface area (Å²) in [6.45, 7) is 3.10. The molecule has 0 aromatic carbocycles. The number of rotatable bonds is 2. The zero-order chi connectivity index (χ0) is 13.4. The van der Waals surface area contributed by atoms with Crippen molar-refractivity contribution in [2.75, 3.05) is 24.5 Å². The molecule has 0 bridgehead atoms. The second kappa shape index (κ2) is 5.06. The third-order valence-corrected chi connectivity index (χ3v) is 4.87. The summed E-state index contributed by atoms with van der Waals surface area (Å²) >= 11 is 1.75. The maximum absolute atomic E-state index is 4.84. The molecule has 4 heterocycles. The summed E-state index contributed by atoms with van der Waals surface area (Å²) in [6.07, 6.45) is 7.78. The zero-order valence-electron chi connectivity index (χ0n) is 11.2. The van der Waals surface area contributed by atoms with E-state index >= 15 is 0 Å². The van der Waals surface area contributed by atoms with Crippen LogP contribution in [0, 0.1) is 0 Å². The number of piperidine rings is 1. The lowest BCUT2D eigenvalue weighted by Crippen LogP contribution is -2.31. The van der Waals surface area contributed by atoms with Crippen LogP contribution in [0.3, 0.4) is 0 Å². The maximum atomic E-state index is 4.84. The first-order valence-corrected chi connectivity index (χ1v) is 8.00. The summed E-state index contributed by atoms with van der Waals surface area (Å²) in [4.78, 5) is 13.7. The topological polar surface area (TPSA) is 55.8 Å². The van der Waals surface area contributed by atoms with Crippen LogP contribution in [0.25, 0.3) is 0 Å². The Morgan fingerprint density at radius 1 is 1.25 bits per heavy atom. The van der Waals surface area contributed by atoms with Crippen molar-refractivity contribution in [1.82, 2.24) is 20.7 Å². The lowest BCUT2D eigenvalue weighted by Gasteiger charge is -2.26. The fourth-order valence-electron chi connectivity index (χ4n) is 2.87. The number of fused-ring (bicyclic) bond motifs is 1. The van der Waals surface area contributed by atoms with Gasteiger partial charge in [0.25, 0.3) is 0 Å². The Balaban J connectivity index is 1.53. The summed E-state index contributed by atoms with van der Waals surface area (Å²) in [6, 6.07) is 0. The van der Waals surface area contributed by atoms with Crippen LogP contribution in [-0.4, -0.2) is 35.7 Å². The second-order valence-corrected chi connectivity index (χ2v) is 6.11. The molecule has 0 saturated carbocycles. The monoisotopic (exact) mass is 290 g/mol. The van der Waals surface area contributed by atoms with Crippen molar-refractivity contribution in [2.24, 2.45) is 4.99 Å². The van der Waals surface area contributed by atoms with Gasteiger partial charge in [-0.05, 0) is 19.3 Å². The third-order valence-electron chi connectivity index (χ3n) is 3.96. The van der Waals surface area contributed by atoms with Gasteiger partial charge in [-0.1, -0.05) is 0 Å². The van der Waals surface area contributed by atoms with E-state index in [4.69, 9.17) is 4.98 Å². The smallest absolute Gasteiger partial charge is 0.185 e. The van der Waals surface area contributed by atoms with Gasteiger partial charge < -0.3 is 15.2 Å². The van der Waals surface area contributed by atoms with Gasteiger partial charge in [-0.3, -0.25) is 4.99 Å². The van der Waals surface area contributed by atoms with Crippen molar-refractivity contribution in [2.45, 2.75) is 25.4 Å². The largest absolute Gasteiger partial charge is 0.348 e. The number of thiazole rings is 1. The average molecular weight is 290 g/mol. The standard InChI is InChI=1S/C13H18N6S/c1-2-5-18(6-3-1)13-15-10(9-20-13)12-17-16-11-8-14-4-7-19(11)12/h4,8-9,12,16-17H,1-3,5-7H2. The Kier molecular flexibility index (Phi) is 3.08. The second-order valence-electron chi connectivity index (χ2n) is 5.27. The summed E-state index contributed by atoms with van der Waals surface area (Å²) < 4.78 is 0. The zero-order valence-corrected chi connectivity index (χ0v) is 12.1. The van der Waals surface area contributed by atoms with Crippen molar-refractivity contribution in [3.05, 3.63) is 23.1 Å². The molecule has 20 heavy (non-hydrogen) atoms. The molecule has 0 amide bonds. The van der Waals surface area contributed by atoms with Crippen LogP contribution < -0.4 is 15.8 Å². The number of aliphatic imine (C=N–C) groups is 1. The summed E-state index contributed by atoms with van der Waals surface area (Å²) in [5, 5.41) is 3.32. The van der Waals surface area contributed by atoms with Crippen molar-refractivity contribution in [3.8, 4) is 0 Å². The molecule has 4 rings (SSSR count). The van der Waals surface area contributed by atoms with Crippen LogP contribution in [-0.2, 0) is 0 Å². The number of nitrogens with zero attached hydrogens (tertiary/aromatic N) is 4. The van der Waals surface area contributed by atoms with Crippen LogP contribution in [0.15, 0.2) is 22.4 Å². The van der Waals surface area contributed by atoms with Crippen LogP contribution in [0.1, 0.15) is 31.1 Å². The number of anilines is 1. The Hall–Kier alpha value is -1.60. The van der Waals surface area contributed by atoms with Gasteiger partial charge in [0.15, 0.2) is 5.13 Å². The van der Waals surface area contributed by atoms with E-state index in [9.17, 15) is 0 Å². The minimum absolute atomic E-state index is 0.0998. The van der Waals surface area contributed by atoms with Gasteiger partial charge in [0, 0.05) is 24.7 Å². The minimum atomic E-state index is 0.0998. The van der Waals surface area contributed by atoms with Crippen LogP contribution >= 0.6 is 11.3 Å². The number of hydrogen-bond acceptors (Lipinski definition) is 7. The molecule has 2 N–H and O–H groups in total. The highest BCUT2D eigenvalue weighted by Gasteiger charge is 2.31. The number of hydrazine groups is 1. The molecule has 0 spiro atoms. The van der Waals surface area contributed by atoms with Crippen LogP contribution in [0.2, 0.25) is 0 Å². The van der Waals surface area contributed by atoms with E-state index in [-0.39, 0.29) is 6.17 Å². The van der Waals surface area contributed by atoms with Crippen LogP contribution in [0.5, 0.6) is 0 Å². The normalized spacial score (nSPS) is 25.4. The summed E-state index contributed by atoms with van der Waals surface area (Å²) in [5.74, 6) is 1.02. The van der Waals surface area contributed by atoms with Crippen molar-refractivity contribution in [1.29, 1.82) is 0 Å². The third kappa shape index (κ3) is 2.06. The highest BCUT2D eigenvalue weighted by molar-refractivity contribution is 7.13. The summed E-state index contributed by atoms with van der Waals surface area (Å²) in [7, 11) is 0. The molecule has 2 saturated heterocycles. The highest BCUT2D eigenvalue weighted by atomic mass is 32.1. The lowest BCUT2D eigenvalue weighted by atomic mass is 10.1. The quantitative estimate of drug-likeness (QED) is 0.863. The van der Waals surface area contributed by atoms with E-state index < -0.39 is 0 Å². The molecule has 0 aliphatic carbocycles. The molecule has 1 unspecified atom stereocenters. The molecule has 1 aromatic rings. The van der Waals surface area contributed by atoms with E-state index in [1.54, 1.807) is 11.3 Å². The Labute approximate surface area is 122 Å². The van der Waals surface area contributed by atoms with Crippen molar-refractivity contribution >= 4 is 22.7 Å². The number of nitrogens with one attached hydrogen (secondary N) is 2. The molecular formula is C13H18N6S. The van der Waals surface area contributed by atoms with Gasteiger partial charge in [0.1, 0.15) is 12.0 Å². The molecule has 106 valence electrons. The Morgan fingerprint density at radius 3 is 3.05 bits per heavy atom. The predicted octanol–water partition coefficient (Wildman–Crippen LogP) is 1.43.